The summed E-state index contributed by atoms with van der Waals surface area (Å²) in [5.74, 6) is 1.77. The summed E-state index contributed by atoms with van der Waals surface area (Å²) < 4.78 is 6.05. The van der Waals surface area contributed by atoms with Gasteiger partial charge in [0, 0.05) is 38.0 Å². The zero-order valence-electron chi connectivity index (χ0n) is 19.4. The summed E-state index contributed by atoms with van der Waals surface area (Å²) in [6.07, 6.45) is 3.79. The molecule has 1 amide bonds. The van der Waals surface area contributed by atoms with Gasteiger partial charge < -0.3 is 15.0 Å². The maximum absolute atomic E-state index is 11.6. The minimum Gasteiger partial charge on any atom is -0.493 e. The van der Waals surface area contributed by atoms with Crippen molar-refractivity contribution in [3.05, 3.63) is 28.8 Å². The molecule has 0 spiro atoms. The highest BCUT2D eigenvalue weighted by atomic mass is 16.5. The zero-order valence-corrected chi connectivity index (χ0v) is 19.4. The Morgan fingerprint density at radius 3 is 2.62 bits per heavy atom. The fraction of sp³-hybridized carbons (Fsp3) is 0.708. The van der Waals surface area contributed by atoms with Crippen molar-refractivity contribution in [3.63, 3.8) is 0 Å². The van der Waals surface area contributed by atoms with Crippen LogP contribution >= 0.6 is 0 Å². The minimum absolute atomic E-state index is 0.183. The molecule has 1 heterocycles. The first kappa shape index (κ1) is 23.7. The smallest absolute Gasteiger partial charge is 0.219 e. The van der Waals surface area contributed by atoms with E-state index in [1.165, 1.54) is 16.7 Å². The van der Waals surface area contributed by atoms with E-state index in [2.05, 4.69) is 62.1 Å². The van der Waals surface area contributed by atoms with Crippen molar-refractivity contribution >= 4 is 5.91 Å². The molecule has 1 unspecified atom stereocenters. The van der Waals surface area contributed by atoms with E-state index in [9.17, 15) is 4.79 Å². The third-order valence-corrected chi connectivity index (χ3v) is 6.08. The van der Waals surface area contributed by atoms with Crippen LogP contribution in [0.5, 0.6) is 5.75 Å². The lowest BCUT2D eigenvalue weighted by Gasteiger charge is -2.44. The molecule has 0 saturated carbocycles. The Bertz CT molecular complexity index is 654. The molecule has 1 aliphatic heterocycles. The van der Waals surface area contributed by atoms with E-state index in [0.717, 1.165) is 57.8 Å². The number of carbonyl (C=O) groups excluding carboxylic acids is 1. The van der Waals surface area contributed by atoms with Gasteiger partial charge in [-0.3, -0.25) is 9.69 Å². The molecule has 2 rings (SSSR count). The maximum atomic E-state index is 11.6. The van der Waals surface area contributed by atoms with Crippen molar-refractivity contribution in [1.82, 2.24) is 15.1 Å². The van der Waals surface area contributed by atoms with Crippen LogP contribution < -0.4 is 10.1 Å². The molecule has 1 aromatic rings. The summed E-state index contributed by atoms with van der Waals surface area (Å²) in [6.45, 7) is 13.5. The van der Waals surface area contributed by atoms with Crippen molar-refractivity contribution in [1.29, 1.82) is 0 Å². The van der Waals surface area contributed by atoms with Crippen LogP contribution in [0.15, 0.2) is 12.1 Å². The quantitative estimate of drug-likeness (QED) is 0.537. The van der Waals surface area contributed by atoms with Gasteiger partial charge in [-0.25, -0.2) is 0 Å². The molecule has 1 atom stereocenters. The lowest BCUT2D eigenvalue weighted by atomic mass is 9.91. The molecule has 0 bridgehead atoms. The Balaban J connectivity index is 1.82. The first-order chi connectivity index (χ1) is 13.8. The van der Waals surface area contributed by atoms with Crippen LogP contribution in [0.25, 0.3) is 0 Å². The van der Waals surface area contributed by atoms with Gasteiger partial charge in [0.15, 0.2) is 0 Å². The van der Waals surface area contributed by atoms with Crippen molar-refractivity contribution in [2.75, 3.05) is 46.9 Å². The summed E-state index contributed by atoms with van der Waals surface area (Å²) >= 11 is 0. The molecule has 1 saturated heterocycles. The van der Waals surface area contributed by atoms with Crippen molar-refractivity contribution in [2.45, 2.75) is 59.4 Å². The lowest BCUT2D eigenvalue weighted by molar-refractivity contribution is -0.121. The summed E-state index contributed by atoms with van der Waals surface area (Å²) in [7, 11) is 4.22. The number of rotatable bonds is 12. The molecule has 1 aliphatic rings. The summed E-state index contributed by atoms with van der Waals surface area (Å²) in [5.41, 5.74) is 3.98. The van der Waals surface area contributed by atoms with Crippen molar-refractivity contribution < 1.29 is 9.53 Å². The van der Waals surface area contributed by atoms with Gasteiger partial charge in [-0.15, -0.1) is 0 Å². The molecule has 1 fully saturated rings. The van der Waals surface area contributed by atoms with Crippen LogP contribution in [0, 0.1) is 19.8 Å². The number of unbranched alkanes of at least 4 members (excludes halogenated alkanes) is 1. The van der Waals surface area contributed by atoms with E-state index in [1.807, 2.05) is 6.92 Å². The highest BCUT2D eigenvalue weighted by molar-refractivity contribution is 5.75. The van der Waals surface area contributed by atoms with Crippen LogP contribution in [0.1, 0.15) is 62.3 Å². The Morgan fingerprint density at radius 1 is 1.24 bits per heavy atom. The van der Waals surface area contributed by atoms with Crippen molar-refractivity contribution in [2.24, 2.45) is 5.92 Å². The molecule has 1 N–H and O–H groups in total. The fourth-order valence-electron chi connectivity index (χ4n) is 3.96. The molecule has 0 radical (unpaired) electrons. The Morgan fingerprint density at radius 2 is 1.97 bits per heavy atom. The van der Waals surface area contributed by atoms with Gasteiger partial charge in [-0.1, -0.05) is 13.0 Å². The number of nitrogens with one attached hydrogen (secondary N) is 1. The number of benzene rings is 1. The number of hydrogen-bond acceptors (Lipinski definition) is 4. The van der Waals surface area contributed by atoms with Crippen LogP contribution in [-0.2, 0) is 4.79 Å². The first-order valence-corrected chi connectivity index (χ1v) is 11.2. The third kappa shape index (κ3) is 7.00. The molecular weight excluding hydrogens is 362 g/mol. The predicted octanol–water partition coefficient (Wildman–Crippen LogP) is 3.93. The second kappa shape index (κ2) is 11.6. The fourth-order valence-corrected chi connectivity index (χ4v) is 3.96. The Hall–Kier alpha value is -1.59. The SMILES string of the molecule is CCCC(=O)NCC1CN(C(C)c2ccc(OCCCCN(C)C)c(C)c2C)C1. The van der Waals surface area contributed by atoms with Gasteiger partial charge in [0.05, 0.1) is 6.61 Å². The van der Waals surface area contributed by atoms with Gasteiger partial charge in [-0.05, 0) is 83.4 Å². The topological polar surface area (TPSA) is 44.8 Å². The van der Waals surface area contributed by atoms with Gasteiger partial charge in [0.1, 0.15) is 5.75 Å². The molecule has 0 aliphatic carbocycles. The summed E-state index contributed by atoms with van der Waals surface area (Å²) in [6, 6.07) is 4.77. The zero-order chi connectivity index (χ0) is 21.4. The summed E-state index contributed by atoms with van der Waals surface area (Å²) in [5, 5.41) is 3.06. The number of ether oxygens (including phenoxy) is 1. The molecule has 164 valence electrons. The van der Waals surface area contributed by atoms with Crippen LogP contribution in [0.4, 0.5) is 0 Å². The molecule has 5 heteroatoms. The molecule has 29 heavy (non-hydrogen) atoms. The maximum Gasteiger partial charge on any atom is 0.219 e. The monoisotopic (exact) mass is 403 g/mol. The normalized spacial score (nSPS) is 16.0. The molecule has 1 aromatic carbocycles. The Labute approximate surface area is 177 Å². The number of nitrogens with zero attached hydrogens (tertiary/aromatic N) is 2. The van der Waals surface area contributed by atoms with Crippen LogP contribution in [0.2, 0.25) is 0 Å². The van der Waals surface area contributed by atoms with E-state index in [0.29, 0.717) is 18.4 Å². The predicted molar refractivity (Wildman–Crippen MR) is 121 cm³/mol. The standard InChI is InChI=1S/C24H41N3O2/c1-7-10-24(28)25-15-21-16-27(17-21)20(4)22-11-12-23(19(3)18(22)2)29-14-9-8-13-26(5)6/h11-12,20-21H,7-10,13-17H2,1-6H3,(H,25,28). The second-order valence-electron chi connectivity index (χ2n) is 8.81. The van der Waals surface area contributed by atoms with Crippen LogP contribution in [0.3, 0.4) is 0 Å². The van der Waals surface area contributed by atoms with Gasteiger partial charge in [-0.2, -0.15) is 0 Å². The number of carbonyl (C=O) groups is 1. The molecule has 0 aromatic heterocycles. The average Bonchev–Trinajstić information content (AvgIpc) is 2.63. The number of amides is 1. The van der Waals surface area contributed by atoms with Gasteiger partial charge >= 0.3 is 0 Å². The largest absolute Gasteiger partial charge is 0.493 e. The van der Waals surface area contributed by atoms with E-state index in [4.69, 9.17) is 4.74 Å². The van der Waals surface area contributed by atoms with E-state index in [-0.39, 0.29) is 5.91 Å². The van der Waals surface area contributed by atoms with Gasteiger partial charge in [0.25, 0.3) is 0 Å². The number of likely N-dealkylation sites (tertiary alicyclic amines) is 1. The highest BCUT2D eigenvalue weighted by Gasteiger charge is 2.31. The van der Waals surface area contributed by atoms with Crippen LogP contribution in [-0.4, -0.2) is 62.6 Å². The van der Waals surface area contributed by atoms with E-state index < -0.39 is 0 Å². The molecule has 5 nitrogen and oxygen atoms in total. The Kier molecular flexibility index (Phi) is 9.44. The van der Waals surface area contributed by atoms with Crippen molar-refractivity contribution in [3.8, 4) is 5.75 Å². The van der Waals surface area contributed by atoms with Gasteiger partial charge in [0.2, 0.25) is 5.91 Å². The van der Waals surface area contributed by atoms with E-state index >= 15 is 0 Å². The first-order valence-electron chi connectivity index (χ1n) is 11.2. The third-order valence-electron chi connectivity index (χ3n) is 6.08. The lowest BCUT2D eigenvalue weighted by Crippen LogP contribution is -2.52. The summed E-state index contributed by atoms with van der Waals surface area (Å²) in [4.78, 5) is 16.4. The number of hydrogen-bond donors (Lipinski definition) is 1. The molecular formula is C24H41N3O2. The minimum atomic E-state index is 0.183. The second-order valence-corrected chi connectivity index (χ2v) is 8.81. The average molecular weight is 404 g/mol. The highest BCUT2D eigenvalue weighted by Crippen LogP contribution is 2.34. The van der Waals surface area contributed by atoms with E-state index in [1.54, 1.807) is 0 Å².